The molecule has 2 rings (SSSR count). The minimum absolute atomic E-state index is 0.154. The maximum Gasteiger partial charge on any atom is 0.412 e. The fourth-order valence-corrected chi connectivity index (χ4v) is 1.98. The molecule has 1 amide bonds. The van der Waals surface area contributed by atoms with Gasteiger partial charge >= 0.3 is 6.09 Å². The van der Waals surface area contributed by atoms with Crippen molar-refractivity contribution >= 4 is 34.0 Å². The monoisotopic (exact) mass is 334 g/mol. The van der Waals surface area contributed by atoms with E-state index >= 15 is 0 Å². The van der Waals surface area contributed by atoms with Crippen LogP contribution < -0.4 is 5.32 Å². The standard InChI is InChI=1S/C14H11BrN2O3/c15-13-12(11(8-18)6-7-16-13)17-14(19)20-9-10-4-2-1-3-5-10/h1-8H,9H2,(H,17,19). The van der Waals surface area contributed by atoms with E-state index in [4.69, 9.17) is 4.74 Å². The van der Waals surface area contributed by atoms with Gasteiger partial charge in [0, 0.05) is 11.8 Å². The van der Waals surface area contributed by atoms with Gasteiger partial charge in [0.05, 0.1) is 5.69 Å². The van der Waals surface area contributed by atoms with Gasteiger partial charge in [0.2, 0.25) is 0 Å². The van der Waals surface area contributed by atoms with E-state index in [1.165, 1.54) is 12.3 Å². The van der Waals surface area contributed by atoms with Crippen molar-refractivity contribution in [2.24, 2.45) is 0 Å². The zero-order valence-corrected chi connectivity index (χ0v) is 12.0. The summed E-state index contributed by atoms with van der Waals surface area (Å²) in [5, 5.41) is 2.50. The smallest absolute Gasteiger partial charge is 0.412 e. The number of halogens is 1. The van der Waals surface area contributed by atoms with Gasteiger partial charge in [-0.05, 0) is 27.6 Å². The van der Waals surface area contributed by atoms with Crippen molar-refractivity contribution in [3.05, 3.63) is 58.3 Å². The summed E-state index contributed by atoms with van der Waals surface area (Å²) in [7, 11) is 0. The highest BCUT2D eigenvalue weighted by atomic mass is 79.9. The van der Waals surface area contributed by atoms with Crippen LogP contribution in [-0.4, -0.2) is 17.4 Å². The van der Waals surface area contributed by atoms with E-state index < -0.39 is 6.09 Å². The van der Waals surface area contributed by atoms with Crippen molar-refractivity contribution < 1.29 is 14.3 Å². The van der Waals surface area contributed by atoms with Crippen LogP contribution >= 0.6 is 15.9 Å². The van der Waals surface area contributed by atoms with Crippen LogP contribution in [0.15, 0.2) is 47.2 Å². The van der Waals surface area contributed by atoms with Crippen LogP contribution in [0, 0.1) is 0 Å². The highest BCUT2D eigenvalue weighted by Gasteiger charge is 2.11. The first-order valence-electron chi connectivity index (χ1n) is 5.78. The Kier molecular flexibility index (Phi) is 4.84. The highest BCUT2D eigenvalue weighted by molar-refractivity contribution is 9.10. The Hall–Kier alpha value is -2.21. The number of nitrogens with zero attached hydrogens (tertiary/aromatic N) is 1. The molecule has 0 aliphatic rings. The summed E-state index contributed by atoms with van der Waals surface area (Å²) < 4.78 is 5.45. The number of carbonyl (C=O) groups excluding carboxylic acids is 2. The number of pyridine rings is 1. The highest BCUT2D eigenvalue weighted by Crippen LogP contribution is 2.23. The van der Waals surface area contributed by atoms with Crippen molar-refractivity contribution in [3.63, 3.8) is 0 Å². The van der Waals surface area contributed by atoms with Crippen molar-refractivity contribution in [2.75, 3.05) is 5.32 Å². The molecule has 0 fully saturated rings. The van der Waals surface area contributed by atoms with Gasteiger partial charge in [0.1, 0.15) is 11.2 Å². The maximum absolute atomic E-state index is 11.7. The molecule has 0 aliphatic heterocycles. The van der Waals surface area contributed by atoms with Gasteiger partial charge in [0.15, 0.2) is 6.29 Å². The average molecular weight is 335 g/mol. The van der Waals surface area contributed by atoms with Gasteiger partial charge in [0.25, 0.3) is 0 Å². The molecule has 0 unspecified atom stereocenters. The predicted octanol–water partition coefficient (Wildman–Crippen LogP) is 3.41. The zero-order chi connectivity index (χ0) is 14.4. The minimum atomic E-state index is -0.648. The Morgan fingerprint density at radius 2 is 2.05 bits per heavy atom. The molecule has 1 aromatic heterocycles. The normalized spacial score (nSPS) is 9.85. The molecule has 1 N–H and O–H groups in total. The Balaban J connectivity index is 2.00. The van der Waals surface area contributed by atoms with Gasteiger partial charge in [-0.25, -0.2) is 9.78 Å². The second-order valence-electron chi connectivity index (χ2n) is 3.87. The molecule has 0 aliphatic carbocycles. The Morgan fingerprint density at radius 3 is 2.75 bits per heavy atom. The molecule has 5 nitrogen and oxygen atoms in total. The third kappa shape index (κ3) is 3.64. The number of ether oxygens (including phenoxy) is 1. The number of hydrogen-bond donors (Lipinski definition) is 1. The SMILES string of the molecule is O=Cc1ccnc(Br)c1NC(=O)OCc1ccccc1. The number of benzene rings is 1. The second kappa shape index (κ2) is 6.81. The van der Waals surface area contributed by atoms with E-state index in [9.17, 15) is 9.59 Å². The Bertz CT molecular complexity index is 617. The molecule has 2 aromatic rings. The summed E-state index contributed by atoms with van der Waals surface area (Å²) in [4.78, 5) is 26.6. The van der Waals surface area contributed by atoms with Gasteiger partial charge in [-0.15, -0.1) is 0 Å². The number of aromatic nitrogens is 1. The molecule has 0 saturated heterocycles. The predicted molar refractivity (Wildman–Crippen MR) is 77.6 cm³/mol. The van der Waals surface area contributed by atoms with E-state index in [-0.39, 0.29) is 6.61 Å². The molecule has 0 saturated carbocycles. The lowest BCUT2D eigenvalue weighted by Gasteiger charge is -2.09. The van der Waals surface area contributed by atoms with E-state index in [0.29, 0.717) is 22.1 Å². The number of hydrogen-bond acceptors (Lipinski definition) is 4. The van der Waals surface area contributed by atoms with Crippen molar-refractivity contribution in [1.29, 1.82) is 0 Å². The van der Waals surface area contributed by atoms with Crippen molar-refractivity contribution in [1.82, 2.24) is 4.98 Å². The number of carbonyl (C=O) groups is 2. The van der Waals surface area contributed by atoms with Crippen LogP contribution in [0.25, 0.3) is 0 Å². The zero-order valence-electron chi connectivity index (χ0n) is 10.4. The first-order chi connectivity index (χ1) is 9.70. The van der Waals surface area contributed by atoms with E-state index in [1.54, 1.807) is 0 Å². The number of amides is 1. The first kappa shape index (κ1) is 14.2. The second-order valence-corrected chi connectivity index (χ2v) is 4.62. The van der Waals surface area contributed by atoms with E-state index in [2.05, 4.69) is 26.2 Å². The fraction of sp³-hybridized carbons (Fsp3) is 0.0714. The molecule has 1 aromatic carbocycles. The lowest BCUT2D eigenvalue weighted by Crippen LogP contribution is -2.15. The summed E-state index contributed by atoms with van der Waals surface area (Å²) >= 11 is 3.17. The molecule has 0 spiro atoms. The fourth-order valence-electron chi connectivity index (χ4n) is 1.53. The van der Waals surface area contributed by atoms with Crippen molar-refractivity contribution in [3.8, 4) is 0 Å². The van der Waals surface area contributed by atoms with Crippen LogP contribution in [-0.2, 0) is 11.3 Å². The lowest BCUT2D eigenvalue weighted by molar-refractivity contribution is 0.112. The number of anilines is 1. The largest absolute Gasteiger partial charge is 0.444 e. The van der Waals surface area contributed by atoms with Crippen LogP contribution in [0.3, 0.4) is 0 Å². The number of nitrogens with one attached hydrogen (secondary N) is 1. The topological polar surface area (TPSA) is 68.3 Å². The summed E-state index contributed by atoms with van der Waals surface area (Å²) in [5.74, 6) is 0. The van der Waals surface area contributed by atoms with Crippen LogP contribution in [0.1, 0.15) is 15.9 Å². The maximum atomic E-state index is 11.7. The average Bonchev–Trinajstić information content (AvgIpc) is 2.48. The van der Waals surface area contributed by atoms with E-state index in [0.717, 1.165) is 5.56 Å². The minimum Gasteiger partial charge on any atom is -0.444 e. The van der Waals surface area contributed by atoms with Gasteiger partial charge in [-0.2, -0.15) is 0 Å². The van der Waals surface area contributed by atoms with Crippen LogP contribution in [0.4, 0.5) is 10.5 Å². The lowest BCUT2D eigenvalue weighted by atomic mass is 10.2. The first-order valence-corrected chi connectivity index (χ1v) is 6.57. The molecule has 102 valence electrons. The molecule has 0 bridgehead atoms. The summed E-state index contributed by atoms with van der Waals surface area (Å²) in [6.45, 7) is 0.154. The van der Waals surface area contributed by atoms with Gasteiger partial charge < -0.3 is 4.74 Å². The number of aldehydes is 1. The summed E-state index contributed by atoms with van der Waals surface area (Å²) in [6.07, 6.45) is 1.46. The quantitative estimate of drug-likeness (QED) is 0.687. The van der Waals surface area contributed by atoms with Gasteiger partial charge in [-0.3, -0.25) is 10.1 Å². The molecule has 0 atom stereocenters. The summed E-state index contributed by atoms with van der Waals surface area (Å²) in [6, 6.07) is 10.8. The molecule has 6 heteroatoms. The van der Waals surface area contributed by atoms with Gasteiger partial charge in [-0.1, -0.05) is 30.3 Å². The Morgan fingerprint density at radius 1 is 1.30 bits per heavy atom. The molecule has 0 radical (unpaired) electrons. The summed E-state index contributed by atoms with van der Waals surface area (Å²) in [5.41, 5.74) is 1.49. The van der Waals surface area contributed by atoms with Crippen molar-refractivity contribution in [2.45, 2.75) is 6.61 Å². The third-order valence-corrected chi connectivity index (χ3v) is 3.10. The molecular formula is C14H11BrN2O3. The number of rotatable bonds is 4. The van der Waals surface area contributed by atoms with Crippen LogP contribution in [0.2, 0.25) is 0 Å². The Labute approximate surface area is 124 Å². The third-order valence-electron chi connectivity index (χ3n) is 2.50. The van der Waals surface area contributed by atoms with Crippen LogP contribution in [0.5, 0.6) is 0 Å². The molecule has 20 heavy (non-hydrogen) atoms. The molecule has 1 heterocycles. The molecular weight excluding hydrogens is 324 g/mol. The van der Waals surface area contributed by atoms with E-state index in [1.807, 2.05) is 30.3 Å².